The second-order valence-corrected chi connectivity index (χ2v) is 19.3. The summed E-state index contributed by atoms with van der Waals surface area (Å²) >= 11 is 1.82. The number of anilines is 2. The first-order valence-electron chi connectivity index (χ1n) is 20.3. The molecule has 294 valence electrons. The Morgan fingerprint density at radius 3 is 1.19 bits per heavy atom. The predicted octanol–water partition coefficient (Wildman–Crippen LogP) is 14.2. The third kappa shape index (κ3) is 13.7. The van der Waals surface area contributed by atoms with Crippen LogP contribution < -0.4 is 9.80 Å². The van der Waals surface area contributed by atoms with Gasteiger partial charge in [-0.1, -0.05) is 72.9 Å². The standard InChI is InChI=1S/C21H25N2.C18H33P.C8H7.CHO.ClH.Ru/c1-14-9-16(3)20(17(4)10-14)22-7-8-23(13-22)21-18(5)11-15(2)12-19(21)6;1-4-10-16(11-5-1)19(17-12-6-2-7-13-17)18-14-8-3-9-15-18;1-2-8-6-4-3-5-7-8;1-2;;/h7-13H,1-6H3;16-18H,1-15H2;1-7H;1H;1H;/q-1;;2*-1;;+4. The van der Waals surface area contributed by atoms with Gasteiger partial charge in [0.25, 0.3) is 0 Å². The summed E-state index contributed by atoms with van der Waals surface area (Å²) in [7, 11) is 4.52. The molecule has 3 aromatic rings. The molecule has 6 heteroatoms. The number of halogens is 1. The fourth-order valence-electron chi connectivity index (χ4n) is 9.65. The van der Waals surface area contributed by atoms with Gasteiger partial charge in [-0.05, 0) is 153 Å². The zero-order valence-electron chi connectivity index (χ0n) is 34.0. The number of benzene rings is 3. The van der Waals surface area contributed by atoms with Crippen LogP contribution in [0.1, 0.15) is 135 Å². The van der Waals surface area contributed by atoms with Gasteiger partial charge in [0.1, 0.15) is 0 Å². The first-order chi connectivity index (χ1) is 26.2. The Labute approximate surface area is 345 Å². The number of aryl methyl sites for hydroxylation is 6. The van der Waals surface area contributed by atoms with Crippen LogP contribution in [0.15, 0.2) is 67.0 Å². The van der Waals surface area contributed by atoms with Crippen molar-refractivity contribution in [1.29, 1.82) is 0 Å². The van der Waals surface area contributed by atoms with Crippen LogP contribution in [0.5, 0.6) is 0 Å². The van der Waals surface area contributed by atoms with Crippen LogP contribution in [0, 0.1) is 54.8 Å². The Balaban J connectivity index is 0.000000227. The maximum absolute atomic E-state index is 7.75. The molecule has 0 atom stereocenters. The van der Waals surface area contributed by atoms with E-state index in [4.69, 9.17) is 11.4 Å². The van der Waals surface area contributed by atoms with Gasteiger partial charge in [0, 0.05) is 19.3 Å². The summed E-state index contributed by atoms with van der Waals surface area (Å²) < 4.78 is 0. The van der Waals surface area contributed by atoms with E-state index < -0.39 is 0 Å². The van der Waals surface area contributed by atoms with E-state index in [9.17, 15) is 0 Å². The molecular weight excluding hydrogens is 788 g/mol. The Morgan fingerprint density at radius 2 is 0.907 bits per heavy atom. The minimum atomic E-state index is -0.0465. The van der Waals surface area contributed by atoms with E-state index in [0.29, 0.717) is 0 Å². The van der Waals surface area contributed by atoms with Crippen molar-refractivity contribution in [1.82, 2.24) is 0 Å². The average molecular weight is 856 g/mol. The van der Waals surface area contributed by atoms with Crippen LogP contribution in [-0.4, -0.2) is 23.8 Å². The van der Waals surface area contributed by atoms with Gasteiger partial charge < -0.3 is 14.6 Å². The first kappa shape index (κ1) is 46.1. The number of carbonyl (C=O) groups excluding carboxylic acids is 1. The van der Waals surface area contributed by atoms with Gasteiger partial charge in [0.15, 0.2) is 0 Å². The molecular formula is C48H67ClN2OPRu+. The van der Waals surface area contributed by atoms with E-state index >= 15 is 0 Å². The van der Waals surface area contributed by atoms with Crippen molar-refractivity contribution in [3.05, 3.63) is 119 Å². The summed E-state index contributed by atoms with van der Waals surface area (Å²) in [5.74, 6) is 0. The average Bonchev–Trinajstić information content (AvgIpc) is 3.66. The van der Waals surface area contributed by atoms with Crippen LogP contribution in [0.2, 0.25) is 0 Å². The minimum absolute atomic E-state index is 0.0465. The Kier molecular flexibility index (Phi) is 21.4. The van der Waals surface area contributed by atoms with Crippen molar-refractivity contribution >= 4 is 41.9 Å². The Bertz CT molecular complexity index is 1410. The molecule has 4 aliphatic rings. The topological polar surface area (TPSA) is 23.6 Å². The van der Waals surface area contributed by atoms with Gasteiger partial charge in [-0.2, -0.15) is 5.56 Å². The summed E-state index contributed by atoms with van der Waals surface area (Å²) in [4.78, 5) is 12.2. The van der Waals surface area contributed by atoms with E-state index in [1.807, 2.05) is 47.6 Å². The number of hydrogen-bond donors (Lipinski definition) is 0. The molecule has 0 aromatic heterocycles. The number of rotatable bonds is 6. The molecule has 0 saturated heterocycles. The molecule has 1 heterocycles. The fourth-order valence-corrected chi connectivity index (χ4v) is 14.9. The van der Waals surface area contributed by atoms with Gasteiger partial charge in [0.05, 0.1) is 17.0 Å². The van der Waals surface area contributed by atoms with Crippen molar-refractivity contribution in [3.63, 3.8) is 0 Å². The van der Waals surface area contributed by atoms with Crippen LogP contribution in [0.25, 0.3) is 6.08 Å². The summed E-state index contributed by atoms with van der Waals surface area (Å²) in [5, 5.41) is 0. The maximum atomic E-state index is 7.75. The summed E-state index contributed by atoms with van der Waals surface area (Å²) in [6, 6.07) is 18.8. The molecule has 0 spiro atoms. The molecule has 7 rings (SSSR count). The first-order valence-corrected chi connectivity index (χ1v) is 24.3. The second kappa shape index (κ2) is 25.1. The van der Waals surface area contributed by atoms with Crippen molar-refractivity contribution in [3.8, 4) is 0 Å². The van der Waals surface area contributed by atoms with E-state index in [0.717, 1.165) is 5.56 Å². The molecule has 3 aromatic carbocycles. The third-order valence-electron chi connectivity index (χ3n) is 11.6. The number of nitrogens with zero attached hydrogens (tertiary/aromatic N) is 2. The van der Waals surface area contributed by atoms with Crippen LogP contribution in [0.3, 0.4) is 0 Å². The third-order valence-corrected chi connectivity index (χ3v) is 16.2. The molecule has 0 bridgehead atoms. The summed E-state index contributed by atoms with van der Waals surface area (Å²) in [5.41, 5.74) is 15.2. The zero-order valence-corrected chi connectivity index (χ0v) is 37.5. The van der Waals surface area contributed by atoms with Gasteiger partial charge in [-0.3, -0.25) is 13.4 Å². The molecule has 0 unspecified atom stereocenters. The summed E-state index contributed by atoms with van der Waals surface area (Å²) in [6.45, 7) is 23.7. The molecule has 3 aliphatic carbocycles. The molecule has 0 amide bonds. The molecule has 0 radical (unpaired) electrons. The van der Waals surface area contributed by atoms with Gasteiger partial charge in [0.2, 0.25) is 0 Å². The van der Waals surface area contributed by atoms with Gasteiger partial charge in [-0.15, -0.1) is 18.8 Å². The predicted molar refractivity (Wildman–Crippen MR) is 236 cm³/mol. The van der Waals surface area contributed by atoms with E-state index in [-0.39, 0.29) is 7.92 Å². The van der Waals surface area contributed by atoms with Crippen LogP contribution >= 0.6 is 17.6 Å². The SMILES string of the molecule is C1CCC([PH+](C2CCCCC2)C2CCCCC2)CC1.Cc1cc(C)c(N2C=CN(c3c(C)cc(C)cc3C)[CH-]2)c(C)c1.[CH-]=Cc1ccccc1.[CH-]=O.[Cl][Ru+3]. The molecule has 3 fully saturated rings. The van der Waals surface area contributed by atoms with E-state index in [1.165, 1.54) is 61.7 Å². The summed E-state index contributed by atoms with van der Waals surface area (Å²) in [6.07, 6.45) is 29.7. The van der Waals surface area contributed by atoms with Crippen molar-refractivity contribution < 1.29 is 22.1 Å². The van der Waals surface area contributed by atoms with Crippen LogP contribution in [0.4, 0.5) is 11.4 Å². The van der Waals surface area contributed by atoms with E-state index in [2.05, 4.69) is 111 Å². The van der Waals surface area contributed by atoms with Crippen molar-refractivity contribution in [2.75, 3.05) is 9.80 Å². The molecule has 1 aliphatic heterocycles. The van der Waals surface area contributed by atoms with Crippen LogP contribution in [-0.2, 0) is 22.1 Å². The Hall–Kier alpha value is -2.25. The monoisotopic (exact) mass is 855 g/mol. The molecule has 3 nitrogen and oxygen atoms in total. The Morgan fingerprint density at radius 1 is 0.593 bits per heavy atom. The van der Waals surface area contributed by atoms with Crippen molar-refractivity contribution in [2.24, 2.45) is 0 Å². The van der Waals surface area contributed by atoms with Gasteiger partial charge >= 0.3 is 27.0 Å². The second-order valence-electron chi connectivity index (χ2n) is 15.8. The molecule has 0 N–H and O–H groups in total. The fraction of sp³-hybridized carbons (Fsp3) is 0.500. The zero-order chi connectivity index (χ0) is 39.5. The number of hydrogen-bond acceptors (Lipinski definition) is 3. The quantitative estimate of drug-likeness (QED) is 0.107. The van der Waals surface area contributed by atoms with E-state index in [1.54, 1.807) is 102 Å². The van der Waals surface area contributed by atoms with Gasteiger partial charge in [-0.25, -0.2) is 6.08 Å². The van der Waals surface area contributed by atoms with Crippen molar-refractivity contribution in [2.45, 2.75) is 155 Å². The molecule has 54 heavy (non-hydrogen) atoms. The normalized spacial score (nSPS) is 17.6. The molecule has 3 saturated carbocycles.